The van der Waals surface area contributed by atoms with Crippen LogP contribution in [0.3, 0.4) is 0 Å². The molecule has 0 bridgehead atoms. The smallest absolute Gasteiger partial charge is 0.185 e. The summed E-state index contributed by atoms with van der Waals surface area (Å²) in [6.45, 7) is 3.99. The van der Waals surface area contributed by atoms with Gasteiger partial charge in [-0.15, -0.1) is 0 Å². The number of aromatic nitrogens is 1. The normalized spacial score (nSPS) is 17.9. The lowest BCUT2D eigenvalue weighted by Gasteiger charge is -2.29. The van der Waals surface area contributed by atoms with E-state index in [1.807, 2.05) is 36.4 Å². The Morgan fingerprint density at radius 1 is 1.25 bits per heavy atom. The van der Waals surface area contributed by atoms with E-state index in [9.17, 15) is 9.90 Å². The molecular weight excluding hydrogens is 446 g/mol. The summed E-state index contributed by atoms with van der Waals surface area (Å²) in [6, 6.07) is 16.0. The molecule has 2 atom stereocenters. The van der Waals surface area contributed by atoms with E-state index in [1.54, 1.807) is 6.08 Å². The molecule has 0 amide bonds. The fraction of sp³-hybridized carbons (Fsp3) is 0.258. The Morgan fingerprint density at radius 2 is 2.11 bits per heavy atom. The highest BCUT2D eigenvalue weighted by molar-refractivity contribution is 6.04. The number of aromatic amines is 1. The van der Waals surface area contributed by atoms with Gasteiger partial charge in [-0.3, -0.25) is 4.79 Å². The largest absolute Gasteiger partial charge is 0.390 e. The Kier molecular flexibility index (Phi) is 7.31. The topological polar surface area (TPSA) is 68.4 Å². The minimum atomic E-state index is -0.493. The molecular formula is C31H33N3O2. The molecule has 0 radical (unpaired) electrons. The Bertz CT molecular complexity index is 1350. The van der Waals surface area contributed by atoms with Gasteiger partial charge in [0.25, 0.3) is 0 Å². The van der Waals surface area contributed by atoms with E-state index < -0.39 is 6.10 Å². The number of β-amino-alcohol motifs (C(OH)–C–C–N with tert-alkyl or cyclic N) is 1. The summed E-state index contributed by atoms with van der Waals surface area (Å²) in [5, 5.41) is 15.5. The third-order valence-electron chi connectivity index (χ3n) is 6.94. The zero-order valence-corrected chi connectivity index (χ0v) is 20.7. The first kappa shape index (κ1) is 24.0. The second-order valence-electron chi connectivity index (χ2n) is 9.62. The molecule has 3 N–H and O–H groups in total. The van der Waals surface area contributed by atoms with Crippen molar-refractivity contribution in [3.05, 3.63) is 119 Å². The van der Waals surface area contributed by atoms with Gasteiger partial charge < -0.3 is 20.3 Å². The van der Waals surface area contributed by atoms with Crippen molar-refractivity contribution in [3.63, 3.8) is 0 Å². The molecule has 184 valence electrons. The van der Waals surface area contributed by atoms with Gasteiger partial charge in [0.05, 0.1) is 12.1 Å². The first-order chi connectivity index (χ1) is 17.6. The lowest BCUT2D eigenvalue weighted by molar-refractivity contribution is 0.104. The van der Waals surface area contributed by atoms with Crippen molar-refractivity contribution in [3.8, 4) is 0 Å². The van der Waals surface area contributed by atoms with Crippen LogP contribution in [0.2, 0.25) is 0 Å². The number of ketones is 1. The van der Waals surface area contributed by atoms with E-state index in [-0.39, 0.29) is 11.8 Å². The summed E-state index contributed by atoms with van der Waals surface area (Å²) < 4.78 is 0. The summed E-state index contributed by atoms with van der Waals surface area (Å²) in [6.07, 6.45) is 15.4. The number of nitrogens with one attached hydrogen (secondary N) is 2. The average molecular weight is 480 g/mol. The van der Waals surface area contributed by atoms with Crippen LogP contribution in [0, 0.1) is 6.92 Å². The van der Waals surface area contributed by atoms with Gasteiger partial charge in [0.2, 0.25) is 0 Å². The van der Waals surface area contributed by atoms with Crippen LogP contribution in [-0.2, 0) is 6.42 Å². The van der Waals surface area contributed by atoms with Crippen molar-refractivity contribution in [2.24, 2.45) is 0 Å². The summed E-state index contributed by atoms with van der Waals surface area (Å²) in [5.74, 6) is -0.00644. The zero-order chi connectivity index (χ0) is 24.9. The number of hydrogen-bond donors (Lipinski definition) is 3. The number of rotatable bonds is 10. The summed E-state index contributed by atoms with van der Waals surface area (Å²) in [4.78, 5) is 18.1. The molecule has 36 heavy (non-hydrogen) atoms. The number of benzene rings is 2. The van der Waals surface area contributed by atoms with Crippen LogP contribution in [0.15, 0.2) is 102 Å². The van der Waals surface area contributed by atoms with E-state index in [0.717, 1.165) is 30.5 Å². The van der Waals surface area contributed by atoms with Crippen molar-refractivity contribution in [2.75, 3.05) is 19.6 Å². The maximum atomic E-state index is 12.5. The average Bonchev–Trinajstić information content (AvgIpc) is 3.46. The highest BCUT2D eigenvalue weighted by atomic mass is 16.3. The molecule has 2 aromatic carbocycles. The summed E-state index contributed by atoms with van der Waals surface area (Å²) in [7, 11) is 0. The standard InChI is InChI=1S/C31H33N3O2/c1-22-11-13-29-28(17-22)24(18-33-29)15-16-32-19-26(35)21-34-20-25(27-9-5-6-10-30(27)34)12-14-31(36)23-7-3-2-4-8-23/h2-9,11-14,17-18,20,26,30,32-33,35H,10,15-16,19,21H2,1H3/b14-12+/t26-,30+/m1/s1. The number of carbonyl (C=O) groups is 1. The van der Waals surface area contributed by atoms with Crippen molar-refractivity contribution in [2.45, 2.75) is 31.9 Å². The quantitative estimate of drug-likeness (QED) is 0.221. The van der Waals surface area contributed by atoms with E-state index in [2.05, 4.69) is 70.9 Å². The minimum Gasteiger partial charge on any atom is -0.390 e. The number of hydrogen-bond acceptors (Lipinski definition) is 4. The van der Waals surface area contributed by atoms with Crippen LogP contribution in [0.4, 0.5) is 0 Å². The predicted molar refractivity (Wildman–Crippen MR) is 146 cm³/mol. The van der Waals surface area contributed by atoms with Crippen molar-refractivity contribution < 1.29 is 9.90 Å². The molecule has 1 aliphatic heterocycles. The molecule has 2 heterocycles. The highest BCUT2D eigenvalue weighted by Gasteiger charge is 2.30. The predicted octanol–water partition coefficient (Wildman–Crippen LogP) is 4.86. The molecule has 0 spiro atoms. The van der Waals surface area contributed by atoms with Crippen molar-refractivity contribution in [1.82, 2.24) is 15.2 Å². The van der Waals surface area contributed by atoms with Gasteiger partial charge >= 0.3 is 0 Å². The van der Waals surface area contributed by atoms with E-state index in [4.69, 9.17) is 0 Å². The molecule has 1 aliphatic carbocycles. The molecule has 5 rings (SSSR count). The Labute approximate surface area is 212 Å². The van der Waals surface area contributed by atoms with Gasteiger partial charge in [0.15, 0.2) is 5.78 Å². The SMILES string of the molecule is Cc1ccc2[nH]cc(CCNC[C@@H](O)CN3C=C(/C=C/C(=O)c4ccccc4)C4=CC=CC[C@@H]43)c2c1. The number of H-pyrrole nitrogens is 1. The van der Waals surface area contributed by atoms with Gasteiger partial charge in [-0.25, -0.2) is 0 Å². The molecule has 0 fully saturated rings. The lowest BCUT2D eigenvalue weighted by Crippen LogP contribution is -2.40. The third-order valence-corrected chi connectivity index (χ3v) is 6.94. The van der Waals surface area contributed by atoms with Gasteiger partial charge in [0.1, 0.15) is 0 Å². The van der Waals surface area contributed by atoms with Crippen LogP contribution in [0.5, 0.6) is 0 Å². The maximum Gasteiger partial charge on any atom is 0.185 e. The first-order valence-corrected chi connectivity index (χ1v) is 12.7. The molecule has 2 aliphatic rings. The van der Waals surface area contributed by atoms with E-state index in [0.29, 0.717) is 18.7 Å². The second kappa shape index (κ2) is 10.9. The van der Waals surface area contributed by atoms with Gasteiger partial charge in [0, 0.05) is 42.0 Å². The molecule has 3 aromatic rings. The molecule has 0 saturated carbocycles. The number of aryl methyl sites for hydroxylation is 1. The fourth-order valence-corrected chi connectivity index (χ4v) is 5.05. The van der Waals surface area contributed by atoms with Crippen LogP contribution >= 0.6 is 0 Å². The summed E-state index contributed by atoms with van der Waals surface area (Å²) >= 11 is 0. The minimum absolute atomic E-state index is 0.00644. The zero-order valence-electron chi connectivity index (χ0n) is 20.7. The Hall–Kier alpha value is -3.67. The monoisotopic (exact) mass is 479 g/mol. The molecule has 0 saturated heterocycles. The molecule has 5 heteroatoms. The first-order valence-electron chi connectivity index (χ1n) is 12.7. The number of aliphatic hydroxyl groups excluding tert-OH is 1. The molecule has 0 unspecified atom stereocenters. The lowest BCUT2D eigenvalue weighted by atomic mass is 9.95. The maximum absolute atomic E-state index is 12.5. The van der Waals surface area contributed by atoms with Crippen LogP contribution in [-0.4, -0.2) is 52.6 Å². The Balaban J connectivity index is 1.16. The van der Waals surface area contributed by atoms with E-state index >= 15 is 0 Å². The van der Waals surface area contributed by atoms with Crippen LogP contribution < -0.4 is 5.32 Å². The van der Waals surface area contributed by atoms with Crippen LogP contribution in [0.25, 0.3) is 10.9 Å². The van der Waals surface area contributed by atoms with Crippen molar-refractivity contribution >= 4 is 16.7 Å². The Morgan fingerprint density at radius 3 is 2.97 bits per heavy atom. The number of allylic oxidation sites excluding steroid dienone is 4. The summed E-state index contributed by atoms with van der Waals surface area (Å²) in [5.41, 5.74) is 6.63. The third kappa shape index (κ3) is 5.43. The number of carbonyl (C=O) groups excluding carboxylic acids is 1. The van der Waals surface area contributed by atoms with E-state index in [1.165, 1.54) is 22.1 Å². The van der Waals surface area contributed by atoms with Gasteiger partial charge in [-0.2, -0.15) is 0 Å². The number of fused-ring (bicyclic) bond motifs is 2. The highest BCUT2D eigenvalue weighted by Crippen LogP contribution is 2.33. The van der Waals surface area contributed by atoms with Gasteiger partial charge in [-0.1, -0.05) is 60.2 Å². The molecule has 1 aromatic heterocycles. The number of aliphatic hydroxyl groups is 1. The second-order valence-corrected chi connectivity index (χ2v) is 9.62. The molecule has 5 nitrogen and oxygen atoms in total. The number of nitrogens with zero attached hydrogens (tertiary/aromatic N) is 1. The van der Waals surface area contributed by atoms with Crippen LogP contribution in [0.1, 0.15) is 27.9 Å². The van der Waals surface area contributed by atoms with Crippen molar-refractivity contribution in [1.29, 1.82) is 0 Å². The fourth-order valence-electron chi connectivity index (χ4n) is 5.05. The van der Waals surface area contributed by atoms with Gasteiger partial charge in [-0.05, 0) is 67.3 Å².